The maximum absolute atomic E-state index is 13.0. The molecule has 8 heteroatoms. The van der Waals surface area contributed by atoms with Crippen LogP contribution in [0.1, 0.15) is 5.56 Å². The summed E-state index contributed by atoms with van der Waals surface area (Å²) in [5.41, 5.74) is 0.925. The lowest BCUT2D eigenvalue weighted by molar-refractivity contribution is -0.129. The Bertz CT molecular complexity index is 863. The predicted octanol–water partition coefficient (Wildman–Crippen LogP) is 2.80. The maximum Gasteiger partial charge on any atom is 0.336 e. The van der Waals surface area contributed by atoms with E-state index in [1.54, 1.807) is 19.2 Å². The van der Waals surface area contributed by atoms with Crippen LogP contribution in [-0.2, 0) is 16.0 Å². The molecule has 0 spiro atoms. The van der Waals surface area contributed by atoms with E-state index in [9.17, 15) is 18.4 Å². The first-order chi connectivity index (χ1) is 13.4. The molecule has 1 amide bonds. The summed E-state index contributed by atoms with van der Waals surface area (Å²) in [7, 11) is 3.07. The lowest BCUT2D eigenvalue weighted by atomic mass is 10.1. The average molecular weight is 391 g/mol. The molecule has 0 aliphatic heterocycles. The molecule has 0 aromatic heterocycles. The zero-order valence-electron chi connectivity index (χ0n) is 15.3. The van der Waals surface area contributed by atoms with E-state index in [-0.39, 0.29) is 5.75 Å². The van der Waals surface area contributed by atoms with Gasteiger partial charge in [0.15, 0.2) is 11.5 Å². The predicted molar refractivity (Wildman–Crippen MR) is 97.4 cm³/mol. The highest BCUT2D eigenvalue weighted by molar-refractivity contribution is 5.95. The van der Waals surface area contributed by atoms with Crippen molar-refractivity contribution in [2.45, 2.75) is 6.42 Å². The van der Waals surface area contributed by atoms with E-state index in [1.807, 2.05) is 6.07 Å². The molecule has 28 heavy (non-hydrogen) atoms. The van der Waals surface area contributed by atoms with Gasteiger partial charge >= 0.3 is 5.97 Å². The molecule has 0 saturated heterocycles. The van der Waals surface area contributed by atoms with Crippen molar-refractivity contribution in [3.05, 3.63) is 65.7 Å². The van der Waals surface area contributed by atoms with Crippen LogP contribution in [0.25, 0.3) is 0 Å². The highest BCUT2D eigenvalue weighted by Gasteiger charge is 2.07. The van der Waals surface area contributed by atoms with Crippen LogP contribution in [0, 0.1) is 11.6 Å². The van der Waals surface area contributed by atoms with Crippen molar-refractivity contribution in [2.75, 3.05) is 20.8 Å². The van der Waals surface area contributed by atoms with Gasteiger partial charge in [0, 0.05) is 36.9 Å². The van der Waals surface area contributed by atoms with E-state index in [0.717, 1.165) is 29.8 Å². The third-order valence-electron chi connectivity index (χ3n) is 3.59. The highest BCUT2D eigenvalue weighted by atomic mass is 19.1. The summed E-state index contributed by atoms with van der Waals surface area (Å²) in [6.07, 6.45) is 2.38. The van der Waals surface area contributed by atoms with Gasteiger partial charge in [-0.2, -0.15) is 0 Å². The summed E-state index contributed by atoms with van der Waals surface area (Å²) in [5.74, 6) is -2.29. The molecule has 1 N–H and O–H groups in total. The molecule has 0 aliphatic rings. The van der Waals surface area contributed by atoms with Crippen molar-refractivity contribution >= 4 is 11.9 Å². The van der Waals surface area contributed by atoms with Crippen LogP contribution in [0.5, 0.6) is 17.2 Å². The number of amides is 1. The number of carbonyl (C=O) groups is 2. The number of halogens is 2. The fourth-order valence-corrected chi connectivity index (χ4v) is 2.31. The van der Waals surface area contributed by atoms with E-state index in [0.29, 0.717) is 30.5 Å². The van der Waals surface area contributed by atoms with Gasteiger partial charge in [-0.05, 0) is 24.1 Å². The molecule has 148 valence electrons. The summed E-state index contributed by atoms with van der Waals surface area (Å²) in [5, 5.41) is 2.61. The number of hydrogen-bond donors (Lipinski definition) is 1. The van der Waals surface area contributed by atoms with Gasteiger partial charge in [-0.15, -0.1) is 0 Å². The minimum atomic E-state index is -0.931. The molecule has 2 aromatic rings. The summed E-state index contributed by atoms with van der Waals surface area (Å²) in [4.78, 5) is 23.4. The van der Waals surface area contributed by atoms with Crippen LogP contribution in [0.15, 0.2) is 48.6 Å². The number of benzene rings is 2. The third-order valence-corrected chi connectivity index (χ3v) is 3.59. The van der Waals surface area contributed by atoms with Crippen molar-refractivity contribution in [3.63, 3.8) is 0 Å². The number of ether oxygens (including phenoxy) is 3. The molecule has 0 heterocycles. The second-order valence-corrected chi connectivity index (χ2v) is 5.59. The van der Waals surface area contributed by atoms with Gasteiger partial charge in [0.2, 0.25) is 5.91 Å². The maximum atomic E-state index is 13.0. The lowest BCUT2D eigenvalue weighted by Crippen LogP contribution is -2.24. The van der Waals surface area contributed by atoms with Crippen LogP contribution < -0.4 is 19.5 Å². The lowest BCUT2D eigenvalue weighted by Gasteiger charge is -2.09. The second kappa shape index (κ2) is 10.1. The number of hydrogen-bond acceptors (Lipinski definition) is 5. The first kappa shape index (κ1) is 20.9. The Labute approximate surface area is 160 Å². The van der Waals surface area contributed by atoms with E-state index in [1.165, 1.54) is 7.11 Å². The van der Waals surface area contributed by atoms with Gasteiger partial charge in [0.25, 0.3) is 0 Å². The van der Waals surface area contributed by atoms with Gasteiger partial charge in [0.1, 0.15) is 17.4 Å². The number of methoxy groups -OCH3 is 2. The van der Waals surface area contributed by atoms with Gasteiger partial charge < -0.3 is 19.5 Å². The summed E-state index contributed by atoms with van der Waals surface area (Å²) in [6.45, 7) is 0.322. The van der Waals surface area contributed by atoms with Gasteiger partial charge in [-0.25, -0.2) is 13.6 Å². The zero-order chi connectivity index (χ0) is 20.5. The van der Waals surface area contributed by atoms with E-state index in [4.69, 9.17) is 14.2 Å². The smallest absolute Gasteiger partial charge is 0.336 e. The van der Waals surface area contributed by atoms with Gasteiger partial charge in [0.05, 0.1) is 14.2 Å². The SMILES string of the molecule is COc1ccc(CCNC(=O)/C=C/C(=O)Oc2cc(F)cc(F)c2)cc1OC. The number of rotatable bonds is 8. The van der Waals surface area contributed by atoms with Crippen molar-refractivity contribution in [1.29, 1.82) is 0 Å². The Morgan fingerprint density at radius 3 is 2.29 bits per heavy atom. The van der Waals surface area contributed by atoms with Crippen LogP contribution in [0.4, 0.5) is 8.78 Å². The monoisotopic (exact) mass is 391 g/mol. The van der Waals surface area contributed by atoms with Crippen LogP contribution in [-0.4, -0.2) is 32.6 Å². The van der Waals surface area contributed by atoms with Crippen LogP contribution in [0.3, 0.4) is 0 Å². The zero-order valence-corrected chi connectivity index (χ0v) is 15.3. The highest BCUT2D eigenvalue weighted by Crippen LogP contribution is 2.27. The Morgan fingerprint density at radius 2 is 1.64 bits per heavy atom. The van der Waals surface area contributed by atoms with E-state index in [2.05, 4.69) is 5.32 Å². The van der Waals surface area contributed by atoms with Crippen molar-refractivity contribution in [2.24, 2.45) is 0 Å². The second-order valence-electron chi connectivity index (χ2n) is 5.59. The van der Waals surface area contributed by atoms with E-state index < -0.39 is 23.5 Å². The first-order valence-corrected chi connectivity index (χ1v) is 8.26. The largest absolute Gasteiger partial charge is 0.493 e. The van der Waals surface area contributed by atoms with Crippen LogP contribution >= 0.6 is 0 Å². The summed E-state index contributed by atoms with van der Waals surface area (Å²) < 4.78 is 41.2. The first-order valence-electron chi connectivity index (χ1n) is 8.26. The molecular formula is C20H19F2NO5. The molecule has 0 fully saturated rings. The Balaban J connectivity index is 1.81. The summed E-state index contributed by atoms with van der Waals surface area (Å²) >= 11 is 0. The number of esters is 1. The fraction of sp³-hybridized carbons (Fsp3) is 0.200. The minimum Gasteiger partial charge on any atom is -0.493 e. The average Bonchev–Trinajstić information content (AvgIpc) is 2.65. The summed E-state index contributed by atoms with van der Waals surface area (Å²) in [6, 6.07) is 7.78. The molecular weight excluding hydrogens is 372 g/mol. The van der Waals surface area contributed by atoms with Crippen molar-refractivity contribution < 1.29 is 32.6 Å². The molecule has 0 saturated carbocycles. The molecule has 0 radical (unpaired) electrons. The molecule has 0 atom stereocenters. The molecule has 0 bridgehead atoms. The van der Waals surface area contributed by atoms with Gasteiger partial charge in [-0.1, -0.05) is 6.07 Å². The van der Waals surface area contributed by atoms with Crippen LogP contribution in [0.2, 0.25) is 0 Å². The normalized spacial score (nSPS) is 10.6. The molecule has 2 rings (SSSR count). The fourth-order valence-electron chi connectivity index (χ4n) is 2.31. The third kappa shape index (κ3) is 6.39. The Hall–Kier alpha value is -3.42. The van der Waals surface area contributed by atoms with Crippen molar-refractivity contribution in [3.8, 4) is 17.2 Å². The number of carbonyl (C=O) groups excluding carboxylic acids is 2. The number of nitrogens with one attached hydrogen (secondary N) is 1. The van der Waals surface area contributed by atoms with E-state index >= 15 is 0 Å². The topological polar surface area (TPSA) is 73.9 Å². The Kier molecular flexibility index (Phi) is 7.50. The molecule has 0 aliphatic carbocycles. The quantitative estimate of drug-likeness (QED) is 0.426. The standard InChI is InChI=1S/C20H19F2NO5/c1-26-17-4-3-13(9-18(17)27-2)7-8-23-19(24)5-6-20(25)28-16-11-14(21)10-15(22)12-16/h3-6,9-12H,7-8H2,1-2H3,(H,23,24)/b6-5+. The Morgan fingerprint density at radius 1 is 0.964 bits per heavy atom. The van der Waals surface area contributed by atoms with Gasteiger partial charge in [-0.3, -0.25) is 4.79 Å². The van der Waals surface area contributed by atoms with Crippen molar-refractivity contribution in [1.82, 2.24) is 5.32 Å². The molecule has 6 nitrogen and oxygen atoms in total. The molecule has 0 unspecified atom stereocenters. The molecule has 2 aromatic carbocycles. The minimum absolute atomic E-state index is 0.291.